The summed E-state index contributed by atoms with van der Waals surface area (Å²) in [6.45, 7) is 0. The van der Waals surface area contributed by atoms with Gasteiger partial charge in [-0.1, -0.05) is 322 Å². The van der Waals surface area contributed by atoms with Crippen LogP contribution in [0.2, 0.25) is 0 Å². The molecule has 0 aliphatic rings. The van der Waals surface area contributed by atoms with Crippen molar-refractivity contribution < 1.29 is 0 Å². The highest BCUT2D eigenvalue weighted by atomic mass is 14.7. The van der Waals surface area contributed by atoms with Gasteiger partial charge in [0.05, 0.1) is 39.0 Å². The number of nitrogens with zero attached hydrogens (tertiary/aromatic N) is 7. The molecule has 0 aliphatic heterocycles. The van der Waals surface area contributed by atoms with Crippen LogP contribution in [0.25, 0.3) is 273 Å². The zero-order chi connectivity index (χ0) is 85.4. The number of para-hydroxylation sites is 4. The van der Waals surface area contributed by atoms with E-state index in [1.54, 1.807) is 0 Å². The maximum absolute atomic E-state index is 5.13. The van der Waals surface area contributed by atoms with Crippen LogP contribution >= 0.6 is 0 Å². The lowest BCUT2D eigenvalue weighted by molar-refractivity contribution is 1.33. The van der Waals surface area contributed by atoms with Gasteiger partial charge >= 0.3 is 0 Å². The Kier molecular flexibility index (Phi) is 17.2. The predicted molar refractivity (Wildman–Crippen MR) is 548 cm³/mol. The van der Waals surface area contributed by atoms with E-state index in [2.05, 4.69) is 374 Å². The SMILES string of the molecule is c1cc2ccc3ccc(-c4ccc5cnccc5c4)c4ccc(c1)c2c34.c1ccc(-c2cc(-c3ccc4ccccc4n3)c3ccc4c(-c5cnc6ccccc6c5)ccc5ccc2c3c54)nc1.c1cnc2c(-c3ccc4ccc5c(-c6cccc7cccnc67)ccc6ccc3c4c65)cccc2c1.c1cnc2cc(-c3ccc4ccc5cccc6ccc3c4c56)ccc2c1. The Morgan fingerprint density at radius 1 is 0.146 bits per heavy atom. The first kappa shape index (κ1) is 74.1. The largest absolute Gasteiger partial charge is 0.264 e. The predicted octanol–water partition coefficient (Wildman–Crippen LogP) is 32.7. The number of rotatable bonds is 7. The molecule has 600 valence electrons. The number of pyridine rings is 7. The van der Waals surface area contributed by atoms with Gasteiger partial charge in [0.15, 0.2) is 0 Å². The summed E-state index contributed by atoms with van der Waals surface area (Å²) in [7, 11) is 0. The number of benzene rings is 22. The molecule has 22 aromatic carbocycles. The molecule has 0 N–H and O–H groups in total. The molecule has 0 fully saturated rings. The van der Waals surface area contributed by atoms with Crippen molar-refractivity contribution in [2.24, 2.45) is 0 Å². The molecule has 29 rings (SSSR count). The standard InChI is InChI=1S/C39H23N3.C34H20N2.2C25H15N/c1-4-10-35-24(7-1)14-19-37(42-35)33-22-32(36-11-5-6-20-40-36)30-16-13-25-12-15-28(29-17-18-31(33)39(30)38(25)29)27-21-26-8-2-3-9-34(26)41-23-27;1-5-23-7-3-19-35-33(23)29(9-1)25-15-11-21-14-18-28-26(16-12-22-13-17-27(25)31(21)32(22)28)30-10-2-6-24-8-4-20-36-34(24)30;1-3-17-7-8-19-10-12-21(22-13-11-18(4-1)24(17)25(19)22)20-9-6-16-5-2-14-26-23(16)15-20;1-2-16-4-5-18-8-10-22(23-11-9-17(3-1)24(16)25(18)23)20-6-7-21-15-26-13-12-19(21)14-20/h1-23H;1-20H;2*1-15H. The fraction of sp³-hybridized carbons (Fsp3) is 0. The Hall–Kier alpha value is -17.4. The van der Waals surface area contributed by atoms with Gasteiger partial charge in [0.25, 0.3) is 0 Å². The van der Waals surface area contributed by atoms with Gasteiger partial charge in [-0.2, -0.15) is 0 Å². The molecule has 0 aliphatic carbocycles. The average molecular weight is 1650 g/mol. The van der Waals surface area contributed by atoms with Crippen molar-refractivity contribution in [3.63, 3.8) is 0 Å². The normalized spacial score (nSPS) is 11.8. The van der Waals surface area contributed by atoms with E-state index in [0.29, 0.717) is 0 Å². The van der Waals surface area contributed by atoms with Crippen LogP contribution < -0.4 is 0 Å². The van der Waals surface area contributed by atoms with Gasteiger partial charge in [0.2, 0.25) is 0 Å². The van der Waals surface area contributed by atoms with Crippen LogP contribution in [0.5, 0.6) is 0 Å². The van der Waals surface area contributed by atoms with Gasteiger partial charge in [0.1, 0.15) is 0 Å². The molecule has 0 bridgehead atoms. The van der Waals surface area contributed by atoms with Crippen LogP contribution in [-0.4, -0.2) is 34.9 Å². The molecule has 7 heteroatoms. The molecule has 7 nitrogen and oxygen atoms in total. The van der Waals surface area contributed by atoms with Gasteiger partial charge in [-0.15, -0.1) is 0 Å². The van der Waals surface area contributed by atoms with Gasteiger partial charge in [0, 0.05) is 104 Å². The van der Waals surface area contributed by atoms with E-state index in [1.807, 2.05) is 79.8 Å². The molecule has 0 saturated carbocycles. The summed E-state index contributed by atoms with van der Waals surface area (Å²) in [6.07, 6.45) is 13.3. The van der Waals surface area contributed by atoms with Crippen LogP contribution in [0, 0.1) is 0 Å². The Morgan fingerprint density at radius 2 is 0.523 bits per heavy atom. The summed E-state index contributed by atoms with van der Waals surface area (Å²) in [5.74, 6) is 0. The molecule has 0 unspecified atom stereocenters. The highest BCUT2D eigenvalue weighted by molar-refractivity contribution is 6.33. The van der Waals surface area contributed by atoms with Gasteiger partial charge in [-0.25, -0.2) is 4.98 Å². The van der Waals surface area contributed by atoms with E-state index in [0.717, 1.165) is 77.2 Å². The maximum atomic E-state index is 5.13. The third-order valence-corrected chi connectivity index (χ3v) is 26.9. The minimum absolute atomic E-state index is 0.955. The lowest BCUT2D eigenvalue weighted by Crippen LogP contribution is -1.94. The third kappa shape index (κ3) is 12.2. The van der Waals surface area contributed by atoms with E-state index >= 15 is 0 Å². The van der Waals surface area contributed by atoms with Crippen molar-refractivity contribution >= 4 is 195 Å². The second-order valence-corrected chi connectivity index (χ2v) is 34.0. The zero-order valence-electron chi connectivity index (χ0n) is 70.3. The lowest BCUT2D eigenvalue weighted by Gasteiger charge is -2.19. The summed E-state index contributed by atoms with van der Waals surface area (Å²) in [5, 5.41) is 39.1. The smallest absolute Gasteiger partial charge is 0.0780 e. The molecular formula is C123H73N7. The molecule has 0 atom stereocenters. The second kappa shape index (κ2) is 30.2. The van der Waals surface area contributed by atoms with Crippen LogP contribution in [0.15, 0.2) is 444 Å². The van der Waals surface area contributed by atoms with E-state index in [1.165, 1.54) is 195 Å². The Morgan fingerprint density at radius 3 is 1.10 bits per heavy atom. The monoisotopic (exact) mass is 1650 g/mol. The fourth-order valence-electron chi connectivity index (χ4n) is 20.9. The van der Waals surface area contributed by atoms with E-state index in [4.69, 9.17) is 24.9 Å². The number of aromatic nitrogens is 7. The van der Waals surface area contributed by atoms with Crippen molar-refractivity contribution in [3.05, 3.63) is 444 Å². The van der Waals surface area contributed by atoms with Crippen LogP contribution in [-0.2, 0) is 0 Å². The molecule has 0 radical (unpaired) electrons. The second-order valence-electron chi connectivity index (χ2n) is 34.0. The van der Waals surface area contributed by atoms with Crippen molar-refractivity contribution in [3.8, 4) is 78.1 Å². The van der Waals surface area contributed by atoms with Crippen molar-refractivity contribution in [2.75, 3.05) is 0 Å². The number of hydrogen-bond acceptors (Lipinski definition) is 7. The number of hydrogen-bond donors (Lipinski definition) is 0. The minimum Gasteiger partial charge on any atom is -0.264 e. The Labute approximate surface area is 746 Å². The fourth-order valence-corrected chi connectivity index (χ4v) is 20.9. The maximum Gasteiger partial charge on any atom is 0.0780 e. The van der Waals surface area contributed by atoms with E-state index in [9.17, 15) is 0 Å². The lowest BCUT2D eigenvalue weighted by atomic mass is 9.85. The Balaban J connectivity index is 0.0000000931. The first-order valence-corrected chi connectivity index (χ1v) is 44.2. The molecule has 0 amide bonds. The van der Waals surface area contributed by atoms with Gasteiger partial charge in [-0.05, 0) is 252 Å². The van der Waals surface area contributed by atoms with Crippen molar-refractivity contribution in [1.82, 2.24) is 34.9 Å². The molecule has 7 aromatic heterocycles. The van der Waals surface area contributed by atoms with Crippen molar-refractivity contribution in [2.45, 2.75) is 0 Å². The van der Waals surface area contributed by atoms with Crippen LogP contribution in [0.4, 0.5) is 0 Å². The Bertz CT molecular complexity index is 9180. The highest BCUT2D eigenvalue weighted by Crippen LogP contribution is 2.50. The van der Waals surface area contributed by atoms with Gasteiger partial charge in [-0.3, -0.25) is 29.9 Å². The highest BCUT2D eigenvalue weighted by Gasteiger charge is 2.24. The summed E-state index contributed by atoms with van der Waals surface area (Å²) < 4.78 is 0. The summed E-state index contributed by atoms with van der Waals surface area (Å²) in [5.41, 5.74) is 21.4. The first-order chi connectivity index (χ1) is 64.4. The quantitative estimate of drug-likeness (QED) is 0.147. The molecular weight excluding hydrogens is 1580 g/mol. The first-order valence-electron chi connectivity index (χ1n) is 44.2. The molecule has 29 aromatic rings. The molecule has 0 spiro atoms. The summed E-state index contributed by atoms with van der Waals surface area (Å²) >= 11 is 0. The summed E-state index contributed by atoms with van der Waals surface area (Å²) in [4.78, 5) is 32.9. The van der Waals surface area contributed by atoms with Crippen LogP contribution in [0.3, 0.4) is 0 Å². The van der Waals surface area contributed by atoms with Crippen LogP contribution in [0.1, 0.15) is 0 Å². The average Bonchev–Trinajstić information content (AvgIpc) is 0.724. The van der Waals surface area contributed by atoms with E-state index < -0.39 is 0 Å². The summed E-state index contributed by atoms with van der Waals surface area (Å²) in [6, 6.07) is 144. The molecule has 130 heavy (non-hydrogen) atoms. The molecule has 0 saturated heterocycles. The van der Waals surface area contributed by atoms with Crippen molar-refractivity contribution in [1.29, 1.82) is 0 Å². The topological polar surface area (TPSA) is 90.2 Å². The van der Waals surface area contributed by atoms with Gasteiger partial charge < -0.3 is 0 Å². The molecule has 7 heterocycles. The third-order valence-electron chi connectivity index (χ3n) is 26.9. The zero-order valence-corrected chi connectivity index (χ0v) is 70.3. The number of fused-ring (bicyclic) bond motifs is 6. The minimum atomic E-state index is 0.955. The van der Waals surface area contributed by atoms with E-state index in [-0.39, 0.29) is 0 Å².